The smallest absolute Gasteiger partial charge is 0.202 e. The molecule has 0 fully saturated rings. The van der Waals surface area contributed by atoms with Crippen LogP contribution in [0.4, 0.5) is 5.95 Å². The minimum absolute atomic E-state index is 0.152. The topological polar surface area (TPSA) is 79.5 Å². The predicted molar refractivity (Wildman–Crippen MR) is 72.6 cm³/mol. The SMILES string of the molecule is Cc1nn(C)c2c1nc(N)n2C(C)Cn1cccn1. The van der Waals surface area contributed by atoms with Crippen molar-refractivity contribution in [3.8, 4) is 0 Å². The van der Waals surface area contributed by atoms with Crippen LogP contribution in [0.3, 0.4) is 0 Å². The maximum Gasteiger partial charge on any atom is 0.202 e. The fourth-order valence-electron chi connectivity index (χ4n) is 2.51. The van der Waals surface area contributed by atoms with E-state index in [0.717, 1.165) is 23.4 Å². The predicted octanol–water partition coefficient (Wildman–Crippen LogP) is 1.12. The Morgan fingerprint density at radius 2 is 2.21 bits per heavy atom. The van der Waals surface area contributed by atoms with Crippen LogP contribution < -0.4 is 5.73 Å². The van der Waals surface area contributed by atoms with Crippen molar-refractivity contribution >= 4 is 17.1 Å². The lowest BCUT2D eigenvalue weighted by atomic mass is 10.3. The van der Waals surface area contributed by atoms with Gasteiger partial charge in [0.2, 0.25) is 5.95 Å². The molecule has 3 heterocycles. The van der Waals surface area contributed by atoms with Gasteiger partial charge in [0.15, 0.2) is 5.65 Å². The Balaban J connectivity index is 2.06. The van der Waals surface area contributed by atoms with Crippen molar-refractivity contribution < 1.29 is 0 Å². The van der Waals surface area contributed by atoms with E-state index in [-0.39, 0.29) is 6.04 Å². The van der Waals surface area contributed by atoms with Gasteiger partial charge in [0, 0.05) is 19.4 Å². The van der Waals surface area contributed by atoms with Crippen molar-refractivity contribution in [2.24, 2.45) is 7.05 Å². The monoisotopic (exact) mass is 259 g/mol. The van der Waals surface area contributed by atoms with Crippen molar-refractivity contribution in [1.29, 1.82) is 0 Å². The van der Waals surface area contributed by atoms with Crippen LogP contribution in [-0.4, -0.2) is 29.1 Å². The highest BCUT2D eigenvalue weighted by molar-refractivity contribution is 5.77. The fourth-order valence-corrected chi connectivity index (χ4v) is 2.51. The molecule has 2 N–H and O–H groups in total. The summed E-state index contributed by atoms with van der Waals surface area (Å²) >= 11 is 0. The molecule has 0 aliphatic carbocycles. The van der Waals surface area contributed by atoms with Gasteiger partial charge in [0.25, 0.3) is 0 Å². The Morgan fingerprint density at radius 1 is 1.42 bits per heavy atom. The van der Waals surface area contributed by atoms with Crippen LogP contribution in [-0.2, 0) is 13.6 Å². The molecular weight excluding hydrogens is 242 g/mol. The molecule has 0 saturated carbocycles. The Bertz CT molecular complexity index is 704. The lowest BCUT2D eigenvalue weighted by Crippen LogP contribution is -2.17. The average Bonchev–Trinajstić information content (AvgIpc) is 3.00. The molecule has 0 aliphatic heterocycles. The number of aryl methyl sites for hydroxylation is 2. The van der Waals surface area contributed by atoms with Gasteiger partial charge in [0.05, 0.1) is 18.3 Å². The maximum absolute atomic E-state index is 6.05. The molecule has 0 aromatic carbocycles. The largest absolute Gasteiger partial charge is 0.369 e. The molecule has 7 nitrogen and oxygen atoms in total. The second-order valence-corrected chi connectivity index (χ2v) is 4.80. The van der Waals surface area contributed by atoms with Gasteiger partial charge in [-0.3, -0.25) is 13.9 Å². The van der Waals surface area contributed by atoms with Crippen LogP contribution >= 0.6 is 0 Å². The number of fused-ring (bicyclic) bond motifs is 1. The molecule has 0 aliphatic rings. The summed E-state index contributed by atoms with van der Waals surface area (Å²) in [5.41, 5.74) is 8.77. The van der Waals surface area contributed by atoms with E-state index in [1.165, 1.54) is 0 Å². The third-order valence-electron chi connectivity index (χ3n) is 3.31. The number of nitrogen functional groups attached to an aromatic ring is 1. The first kappa shape index (κ1) is 11.8. The van der Waals surface area contributed by atoms with Gasteiger partial charge in [-0.15, -0.1) is 0 Å². The highest BCUT2D eigenvalue weighted by Crippen LogP contribution is 2.25. The molecule has 1 unspecified atom stereocenters. The van der Waals surface area contributed by atoms with Gasteiger partial charge in [-0.05, 0) is 19.9 Å². The number of nitrogens with two attached hydrogens (primary N) is 1. The summed E-state index contributed by atoms with van der Waals surface area (Å²) in [6.07, 6.45) is 3.71. The van der Waals surface area contributed by atoms with E-state index >= 15 is 0 Å². The molecule has 0 spiro atoms. The second-order valence-electron chi connectivity index (χ2n) is 4.80. The van der Waals surface area contributed by atoms with E-state index in [1.54, 1.807) is 6.20 Å². The van der Waals surface area contributed by atoms with Crippen LogP contribution in [0.2, 0.25) is 0 Å². The minimum Gasteiger partial charge on any atom is -0.369 e. The molecule has 7 heteroatoms. The minimum atomic E-state index is 0.152. The van der Waals surface area contributed by atoms with Crippen LogP contribution in [0.5, 0.6) is 0 Å². The molecular formula is C12H17N7. The van der Waals surface area contributed by atoms with Crippen LogP contribution in [0.15, 0.2) is 18.5 Å². The van der Waals surface area contributed by atoms with E-state index in [1.807, 2.05) is 40.2 Å². The van der Waals surface area contributed by atoms with Gasteiger partial charge in [0.1, 0.15) is 5.52 Å². The zero-order valence-electron chi connectivity index (χ0n) is 11.3. The summed E-state index contributed by atoms with van der Waals surface area (Å²) in [5.74, 6) is 0.519. The number of nitrogens with zero attached hydrogens (tertiary/aromatic N) is 6. The van der Waals surface area contributed by atoms with Crippen molar-refractivity contribution in [3.05, 3.63) is 24.2 Å². The highest BCUT2D eigenvalue weighted by Gasteiger charge is 2.19. The first-order valence-corrected chi connectivity index (χ1v) is 6.22. The highest BCUT2D eigenvalue weighted by atomic mass is 15.4. The lowest BCUT2D eigenvalue weighted by Gasteiger charge is -2.16. The Hall–Kier alpha value is -2.31. The molecule has 1 atom stereocenters. The Kier molecular flexibility index (Phi) is 2.55. The third-order valence-corrected chi connectivity index (χ3v) is 3.31. The van der Waals surface area contributed by atoms with Crippen LogP contribution in [0.1, 0.15) is 18.7 Å². The van der Waals surface area contributed by atoms with Gasteiger partial charge < -0.3 is 5.73 Å². The molecule has 3 aromatic heterocycles. The molecule has 0 saturated heterocycles. The summed E-state index contributed by atoms with van der Waals surface area (Å²) in [4.78, 5) is 4.41. The molecule has 3 aromatic rings. The van der Waals surface area contributed by atoms with E-state index in [4.69, 9.17) is 5.73 Å². The summed E-state index contributed by atoms with van der Waals surface area (Å²) < 4.78 is 5.73. The number of imidazole rings is 1. The van der Waals surface area contributed by atoms with Gasteiger partial charge in [-0.25, -0.2) is 4.98 Å². The summed E-state index contributed by atoms with van der Waals surface area (Å²) in [7, 11) is 1.91. The zero-order valence-corrected chi connectivity index (χ0v) is 11.3. The number of aromatic nitrogens is 6. The first-order valence-electron chi connectivity index (χ1n) is 6.22. The summed E-state index contributed by atoms with van der Waals surface area (Å²) in [6.45, 7) is 4.78. The van der Waals surface area contributed by atoms with Crippen molar-refractivity contribution in [2.45, 2.75) is 26.4 Å². The van der Waals surface area contributed by atoms with Crippen LogP contribution in [0, 0.1) is 6.92 Å². The van der Waals surface area contributed by atoms with Gasteiger partial charge in [-0.2, -0.15) is 10.2 Å². The molecule has 0 bridgehead atoms. The zero-order chi connectivity index (χ0) is 13.6. The van der Waals surface area contributed by atoms with Crippen molar-refractivity contribution in [2.75, 3.05) is 5.73 Å². The number of rotatable bonds is 3. The second kappa shape index (κ2) is 4.11. The lowest BCUT2D eigenvalue weighted by molar-refractivity contribution is 0.444. The first-order chi connectivity index (χ1) is 9.08. The molecule has 0 amide bonds. The Labute approximate surface area is 110 Å². The average molecular weight is 259 g/mol. The van der Waals surface area contributed by atoms with Gasteiger partial charge in [-0.1, -0.05) is 0 Å². The van der Waals surface area contributed by atoms with E-state index in [2.05, 4.69) is 22.1 Å². The number of hydrogen-bond donors (Lipinski definition) is 1. The molecule has 19 heavy (non-hydrogen) atoms. The standard InChI is InChI=1S/C12H17N7/c1-8(7-18-6-4-5-14-18)19-11-10(15-12(19)13)9(2)16-17(11)3/h4-6,8H,7H2,1-3H3,(H2,13,15). The van der Waals surface area contributed by atoms with E-state index < -0.39 is 0 Å². The quantitative estimate of drug-likeness (QED) is 0.764. The molecule has 3 rings (SSSR count). The molecule has 0 radical (unpaired) electrons. The van der Waals surface area contributed by atoms with Crippen molar-refractivity contribution in [1.82, 2.24) is 29.1 Å². The fraction of sp³-hybridized carbons (Fsp3) is 0.417. The normalized spacial score (nSPS) is 13.2. The Morgan fingerprint density at radius 3 is 2.89 bits per heavy atom. The summed E-state index contributed by atoms with van der Waals surface area (Å²) in [6, 6.07) is 2.06. The van der Waals surface area contributed by atoms with E-state index in [0.29, 0.717) is 5.95 Å². The maximum atomic E-state index is 6.05. The van der Waals surface area contributed by atoms with Crippen LogP contribution in [0.25, 0.3) is 11.2 Å². The summed E-state index contributed by atoms with van der Waals surface area (Å²) in [5, 5.41) is 8.61. The number of hydrogen-bond acceptors (Lipinski definition) is 4. The van der Waals surface area contributed by atoms with E-state index in [9.17, 15) is 0 Å². The number of anilines is 1. The molecule has 100 valence electrons. The third kappa shape index (κ3) is 1.78. The van der Waals surface area contributed by atoms with Crippen molar-refractivity contribution in [3.63, 3.8) is 0 Å². The van der Waals surface area contributed by atoms with Gasteiger partial charge >= 0.3 is 0 Å².